The summed E-state index contributed by atoms with van der Waals surface area (Å²) in [6.45, 7) is 1.67. The highest BCUT2D eigenvalue weighted by Crippen LogP contribution is 2.33. The fourth-order valence-corrected chi connectivity index (χ4v) is 5.08. The molecule has 1 fully saturated rings. The Hall–Kier alpha value is -1.71. The van der Waals surface area contributed by atoms with Crippen molar-refractivity contribution in [3.8, 4) is 0 Å². The number of imidazole rings is 1. The molecule has 1 saturated carbocycles. The van der Waals surface area contributed by atoms with Crippen molar-refractivity contribution < 1.29 is 13.5 Å². The molecule has 132 valence electrons. The molecule has 0 amide bonds. The van der Waals surface area contributed by atoms with E-state index in [1.807, 2.05) is 4.57 Å². The number of rotatable bonds is 4. The van der Waals surface area contributed by atoms with Crippen molar-refractivity contribution in [1.29, 1.82) is 0 Å². The van der Waals surface area contributed by atoms with E-state index in [9.17, 15) is 13.5 Å². The van der Waals surface area contributed by atoms with E-state index in [0.29, 0.717) is 12.1 Å². The summed E-state index contributed by atoms with van der Waals surface area (Å²) in [5, 5.41) is 14.9. The zero-order valence-electron chi connectivity index (χ0n) is 14.1. The fourth-order valence-electron chi connectivity index (χ4n) is 3.49. The molecular formula is C15H23N5O3S. The summed E-state index contributed by atoms with van der Waals surface area (Å²) in [5.41, 5.74) is 0.459. The van der Waals surface area contributed by atoms with Crippen LogP contribution in [0.3, 0.4) is 0 Å². The second-order valence-electron chi connectivity index (χ2n) is 6.34. The van der Waals surface area contributed by atoms with Crippen molar-refractivity contribution in [3.63, 3.8) is 0 Å². The van der Waals surface area contributed by atoms with E-state index in [2.05, 4.69) is 10.1 Å². The molecule has 9 heteroatoms. The zero-order valence-corrected chi connectivity index (χ0v) is 14.9. The van der Waals surface area contributed by atoms with Crippen LogP contribution < -0.4 is 0 Å². The van der Waals surface area contributed by atoms with Gasteiger partial charge in [-0.2, -0.15) is 9.40 Å². The Kier molecular flexibility index (Phi) is 4.50. The molecule has 1 aliphatic carbocycles. The van der Waals surface area contributed by atoms with E-state index in [-0.39, 0.29) is 10.9 Å². The van der Waals surface area contributed by atoms with Gasteiger partial charge in [-0.25, -0.2) is 13.4 Å². The average molecular weight is 353 g/mol. The van der Waals surface area contributed by atoms with E-state index in [1.54, 1.807) is 32.7 Å². The van der Waals surface area contributed by atoms with E-state index in [0.717, 1.165) is 12.8 Å². The van der Waals surface area contributed by atoms with Crippen molar-refractivity contribution in [2.24, 2.45) is 7.05 Å². The minimum absolute atomic E-state index is 0.168. The lowest BCUT2D eigenvalue weighted by atomic mass is 9.88. The Labute approximate surface area is 141 Å². The molecule has 0 spiro atoms. The molecule has 2 aromatic rings. The third kappa shape index (κ3) is 2.87. The van der Waals surface area contributed by atoms with Crippen molar-refractivity contribution in [1.82, 2.24) is 23.6 Å². The Morgan fingerprint density at radius 1 is 1.38 bits per heavy atom. The van der Waals surface area contributed by atoms with Crippen LogP contribution in [0, 0.1) is 6.92 Å². The highest BCUT2D eigenvalue weighted by molar-refractivity contribution is 7.89. The summed E-state index contributed by atoms with van der Waals surface area (Å²) in [6.07, 6.45) is 8.11. The van der Waals surface area contributed by atoms with Crippen molar-refractivity contribution in [3.05, 3.63) is 30.6 Å². The van der Waals surface area contributed by atoms with Gasteiger partial charge in [0.25, 0.3) is 0 Å². The van der Waals surface area contributed by atoms with Crippen LogP contribution in [-0.2, 0) is 17.1 Å². The van der Waals surface area contributed by atoms with Gasteiger partial charge in [0.15, 0.2) is 0 Å². The van der Waals surface area contributed by atoms with Crippen molar-refractivity contribution >= 4 is 10.0 Å². The van der Waals surface area contributed by atoms with Gasteiger partial charge >= 0.3 is 0 Å². The SMILES string of the molecule is Cc1nn(C)cc1S(=O)(=O)N(C)[C@@H]1CCC[C@@H](n2ccnc2)[C@@H]1O. The summed E-state index contributed by atoms with van der Waals surface area (Å²) >= 11 is 0. The summed E-state index contributed by atoms with van der Waals surface area (Å²) < 4.78 is 30.5. The zero-order chi connectivity index (χ0) is 17.5. The Morgan fingerprint density at radius 3 is 2.71 bits per heavy atom. The molecule has 0 saturated heterocycles. The second kappa shape index (κ2) is 6.30. The quantitative estimate of drug-likeness (QED) is 0.873. The molecule has 3 atom stereocenters. The van der Waals surface area contributed by atoms with Gasteiger partial charge < -0.3 is 9.67 Å². The van der Waals surface area contributed by atoms with Crippen LogP contribution in [0.15, 0.2) is 29.8 Å². The number of nitrogens with zero attached hydrogens (tertiary/aromatic N) is 5. The minimum atomic E-state index is -3.71. The monoisotopic (exact) mass is 353 g/mol. The lowest BCUT2D eigenvalue weighted by molar-refractivity contribution is 0.0208. The Balaban J connectivity index is 1.88. The van der Waals surface area contributed by atoms with Gasteiger partial charge in [0, 0.05) is 32.7 Å². The lowest BCUT2D eigenvalue weighted by Crippen LogP contribution is -2.50. The predicted octanol–water partition coefficient (Wildman–Crippen LogP) is 0.700. The first-order valence-electron chi connectivity index (χ1n) is 7.96. The molecule has 2 heterocycles. The third-order valence-electron chi connectivity index (χ3n) is 4.79. The van der Waals surface area contributed by atoms with E-state index in [4.69, 9.17) is 0 Å². The summed E-state index contributed by atoms with van der Waals surface area (Å²) in [6, 6.07) is -0.644. The average Bonchev–Trinajstić information content (AvgIpc) is 3.16. The molecule has 8 nitrogen and oxygen atoms in total. The minimum Gasteiger partial charge on any atom is -0.389 e. The normalized spacial score (nSPS) is 25.3. The van der Waals surface area contributed by atoms with E-state index < -0.39 is 22.2 Å². The molecule has 0 aliphatic heterocycles. The largest absolute Gasteiger partial charge is 0.389 e. The second-order valence-corrected chi connectivity index (χ2v) is 8.31. The van der Waals surface area contributed by atoms with Gasteiger partial charge in [0.05, 0.1) is 30.2 Å². The van der Waals surface area contributed by atoms with E-state index >= 15 is 0 Å². The third-order valence-corrected chi connectivity index (χ3v) is 6.77. The highest BCUT2D eigenvalue weighted by atomic mass is 32.2. The van der Waals surface area contributed by atoms with Gasteiger partial charge in [0.2, 0.25) is 10.0 Å². The van der Waals surface area contributed by atoms with Crippen LogP contribution >= 0.6 is 0 Å². The molecule has 1 N–H and O–H groups in total. The molecule has 3 rings (SSSR count). The number of aliphatic hydroxyl groups is 1. The van der Waals surface area contributed by atoms with Crippen LogP contribution in [0.1, 0.15) is 31.0 Å². The number of aromatic nitrogens is 4. The molecule has 2 aromatic heterocycles. The van der Waals surface area contributed by atoms with Gasteiger partial charge in [0.1, 0.15) is 4.90 Å². The molecular weight excluding hydrogens is 330 g/mol. The maximum Gasteiger partial charge on any atom is 0.246 e. The maximum atomic E-state index is 12.9. The Bertz CT molecular complexity index is 799. The van der Waals surface area contributed by atoms with E-state index in [1.165, 1.54) is 22.2 Å². The van der Waals surface area contributed by atoms with Crippen molar-refractivity contribution in [2.75, 3.05) is 7.05 Å². The van der Waals surface area contributed by atoms with Crippen molar-refractivity contribution in [2.45, 2.75) is 49.3 Å². The number of aryl methyl sites for hydroxylation is 2. The Morgan fingerprint density at radius 2 is 2.12 bits per heavy atom. The van der Waals surface area contributed by atoms with Crippen LogP contribution in [0.25, 0.3) is 0 Å². The predicted molar refractivity (Wildman–Crippen MR) is 87.8 cm³/mol. The van der Waals surface area contributed by atoms with Gasteiger partial charge in [-0.15, -0.1) is 0 Å². The van der Waals surface area contributed by atoms with Crippen LogP contribution in [-0.4, -0.2) is 56.4 Å². The van der Waals surface area contributed by atoms with Crippen LogP contribution in [0.4, 0.5) is 0 Å². The molecule has 0 radical (unpaired) electrons. The standard InChI is InChI=1S/C15H23N5O3S/c1-11-14(9-18(2)17-11)24(22,23)19(3)12-5-4-6-13(15(12)21)20-8-7-16-10-20/h7-10,12-13,15,21H,4-6H2,1-3H3/t12-,13-,15-/m1/s1. The van der Waals surface area contributed by atoms with Gasteiger partial charge in [-0.05, 0) is 26.2 Å². The molecule has 24 heavy (non-hydrogen) atoms. The van der Waals surface area contributed by atoms with Crippen LogP contribution in [0.2, 0.25) is 0 Å². The maximum absolute atomic E-state index is 12.9. The first-order chi connectivity index (χ1) is 11.3. The number of aliphatic hydroxyl groups excluding tert-OH is 1. The molecule has 0 aromatic carbocycles. The fraction of sp³-hybridized carbons (Fsp3) is 0.600. The topological polar surface area (TPSA) is 93.3 Å². The highest BCUT2D eigenvalue weighted by Gasteiger charge is 2.40. The number of likely N-dealkylation sites (N-methyl/N-ethyl adjacent to an activating group) is 1. The number of sulfonamides is 1. The van der Waals surface area contributed by atoms with Crippen LogP contribution in [0.5, 0.6) is 0 Å². The summed E-state index contributed by atoms with van der Waals surface area (Å²) in [4.78, 5) is 4.21. The molecule has 0 unspecified atom stereocenters. The van der Waals surface area contributed by atoms with Gasteiger partial charge in [-0.1, -0.05) is 0 Å². The number of hydrogen-bond donors (Lipinski definition) is 1. The van der Waals surface area contributed by atoms with Gasteiger partial charge in [-0.3, -0.25) is 4.68 Å². The molecule has 1 aliphatic rings. The number of hydrogen-bond acceptors (Lipinski definition) is 5. The summed E-state index contributed by atoms with van der Waals surface area (Å²) in [5.74, 6) is 0. The molecule has 0 bridgehead atoms. The first-order valence-corrected chi connectivity index (χ1v) is 9.40. The summed E-state index contributed by atoms with van der Waals surface area (Å²) in [7, 11) is -0.484. The first kappa shape index (κ1) is 17.1. The smallest absolute Gasteiger partial charge is 0.246 e. The lowest BCUT2D eigenvalue weighted by Gasteiger charge is -2.39.